The molecule has 0 amide bonds. The molecule has 0 bridgehead atoms. The second kappa shape index (κ2) is 6.36. The van der Waals surface area contributed by atoms with Crippen LogP contribution in [-0.4, -0.2) is 11.6 Å². The van der Waals surface area contributed by atoms with E-state index < -0.39 is 11.6 Å². The van der Waals surface area contributed by atoms with E-state index in [9.17, 15) is 14.0 Å². The van der Waals surface area contributed by atoms with Crippen molar-refractivity contribution in [3.63, 3.8) is 0 Å². The van der Waals surface area contributed by atoms with E-state index in [2.05, 4.69) is 0 Å². The molecule has 0 N–H and O–H groups in total. The Bertz CT molecular complexity index is 855. The fourth-order valence-corrected chi connectivity index (χ4v) is 2.34. The summed E-state index contributed by atoms with van der Waals surface area (Å²) in [6, 6.07) is 21.0. The van der Waals surface area contributed by atoms with Gasteiger partial charge in [0.1, 0.15) is 5.82 Å². The maximum Gasteiger partial charge on any atom is 0.195 e. The number of halogens is 1. The Hall–Kier alpha value is -3.07. The van der Waals surface area contributed by atoms with Gasteiger partial charge < -0.3 is 0 Å². The van der Waals surface area contributed by atoms with Gasteiger partial charge >= 0.3 is 0 Å². The first kappa shape index (κ1) is 14.9. The SMILES string of the molecule is O=C(c1ccccc1)c1ccc(F)c(C(=O)c2ccccc2)c1. The van der Waals surface area contributed by atoms with E-state index in [1.807, 2.05) is 6.07 Å². The van der Waals surface area contributed by atoms with Gasteiger partial charge in [-0.25, -0.2) is 4.39 Å². The first-order valence-electron chi connectivity index (χ1n) is 7.16. The maximum absolute atomic E-state index is 14.0. The fourth-order valence-electron chi connectivity index (χ4n) is 2.34. The second-order valence-corrected chi connectivity index (χ2v) is 5.08. The van der Waals surface area contributed by atoms with Crippen molar-refractivity contribution in [1.82, 2.24) is 0 Å². The molecular weight excluding hydrogens is 291 g/mol. The number of benzene rings is 3. The third-order valence-corrected chi connectivity index (χ3v) is 3.55. The van der Waals surface area contributed by atoms with Gasteiger partial charge in [-0.05, 0) is 18.2 Å². The number of hydrogen-bond acceptors (Lipinski definition) is 2. The lowest BCUT2D eigenvalue weighted by Crippen LogP contribution is -2.08. The van der Waals surface area contributed by atoms with Crippen LogP contribution < -0.4 is 0 Å². The minimum absolute atomic E-state index is 0.0991. The molecule has 0 spiro atoms. The molecule has 0 unspecified atom stereocenters. The highest BCUT2D eigenvalue weighted by molar-refractivity contribution is 6.13. The summed E-state index contributed by atoms with van der Waals surface area (Å²) < 4.78 is 14.0. The highest BCUT2D eigenvalue weighted by atomic mass is 19.1. The predicted molar refractivity (Wildman–Crippen MR) is 86.1 cm³/mol. The molecule has 0 fully saturated rings. The zero-order valence-corrected chi connectivity index (χ0v) is 12.2. The summed E-state index contributed by atoms with van der Waals surface area (Å²) in [7, 11) is 0. The Labute approximate surface area is 133 Å². The van der Waals surface area contributed by atoms with E-state index in [1.54, 1.807) is 54.6 Å². The molecule has 0 aliphatic heterocycles. The van der Waals surface area contributed by atoms with Crippen molar-refractivity contribution >= 4 is 11.6 Å². The van der Waals surface area contributed by atoms with Crippen LogP contribution in [0.4, 0.5) is 4.39 Å². The molecule has 0 saturated carbocycles. The van der Waals surface area contributed by atoms with Crippen molar-refractivity contribution in [3.05, 3.63) is 107 Å². The summed E-state index contributed by atoms with van der Waals surface area (Å²) in [5, 5.41) is 0. The largest absolute Gasteiger partial charge is 0.289 e. The van der Waals surface area contributed by atoms with Gasteiger partial charge in [-0.2, -0.15) is 0 Å². The Morgan fingerprint density at radius 3 is 1.70 bits per heavy atom. The molecule has 23 heavy (non-hydrogen) atoms. The van der Waals surface area contributed by atoms with Crippen molar-refractivity contribution in [2.75, 3.05) is 0 Å². The van der Waals surface area contributed by atoms with Crippen LogP contribution in [0.1, 0.15) is 31.8 Å². The third-order valence-electron chi connectivity index (χ3n) is 3.55. The van der Waals surface area contributed by atoms with Gasteiger partial charge in [0, 0.05) is 16.7 Å². The number of carbonyl (C=O) groups excluding carboxylic acids is 2. The van der Waals surface area contributed by atoms with E-state index in [0.717, 1.165) is 6.07 Å². The minimum atomic E-state index is -0.636. The first-order chi connectivity index (χ1) is 11.2. The standard InChI is InChI=1S/C20H13FO2/c21-18-12-11-16(19(22)14-7-3-1-4-8-14)13-17(18)20(23)15-9-5-2-6-10-15/h1-13H. The van der Waals surface area contributed by atoms with Crippen LogP contribution in [0.5, 0.6) is 0 Å². The molecular formula is C20H13FO2. The van der Waals surface area contributed by atoms with Crippen LogP contribution >= 0.6 is 0 Å². The van der Waals surface area contributed by atoms with E-state index in [-0.39, 0.29) is 16.9 Å². The average molecular weight is 304 g/mol. The monoisotopic (exact) mass is 304 g/mol. The van der Waals surface area contributed by atoms with Gasteiger partial charge in [0.2, 0.25) is 0 Å². The van der Waals surface area contributed by atoms with Crippen LogP contribution in [0, 0.1) is 5.82 Å². The Morgan fingerprint density at radius 1 is 0.609 bits per heavy atom. The lowest BCUT2D eigenvalue weighted by molar-refractivity contribution is 0.103. The number of ketones is 2. The van der Waals surface area contributed by atoms with Crippen LogP contribution in [0.25, 0.3) is 0 Å². The number of carbonyl (C=O) groups is 2. The maximum atomic E-state index is 14.0. The average Bonchev–Trinajstić information content (AvgIpc) is 2.62. The molecule has 3 aromatic carbocycles. The van der Waals surface area contributed by atoms with Crippen molar-refractivity contribution in [2.24, 2.45) is 0 Å². The number of rotatable bonds is 4. The van der Waals surface area contributed by atoms with E-state index in [0.29, 0.717) is 11.1 Å². The van der Waals surface area contributed by atoms with E-state index in [1.165, 1.54) is 12.1 Å². The van der Waals surface area contributed by atoms with Crippen LogP contribution in [-0.2, 0) is 0 Å². The summed E-state index contributed by atoms with van der Waals surface area (Å²) in [5.41, 5.74) is 1.07. The minimum Gasteiger partial charge on any atom is -0.289 e. The van der Waals surface area contributed by atoms with Gasteiger partial charge in [-0.1, -0.05) is 60.7 Å². The number of hydrogen-bond donors (Lipinski definition) is 0. The highest BCUT2D eigenvalue weighted by Gasteiger charge is 2.17. The summed E-state index contributed by atoms with van der Waals surface area (Å²) in [5.74, 6) is -1.32. The predicted octanol–water partition coefficient (Wildman–Crippen LogP) is 4.29. The van der Waals surface area contributed by atoms with Crippen LogP contribution in [0.3, 0.4) is 0 Å². The fraction of sp³-hybridized carbons (Fsp3) is 0. The zero-order chi connectivity index (χ0) is 16.2. The summed E-state index contributed by atoms with van der Waals surface area (Å²) in [6.45, 7) is 0. The molecule has 3 rings (SSSR count). The lowest BCUT2D eigenvalue weighted by atomic mass is 9.97. The molecule has 3 heteroatoms. The molecule has 0 heterocycles. The van der Waals surface area contributed by atoms with Gasteiger partial charge in [-0.15, -0.1) is 0 Å². The Morgan fingerprint density at radius 2 is 1.13 bits per heavy atom. The van der Waals surface area contributed by atoms with Crippen molar-refractivity contribution in [1.29, 1.82) is 0 Å². The van der Waals surface area contributed by atoms with Crippen LogP contribution in [0.2, 0.25) is 0 Å². The molecule has 0 aliphatic rings. The van der Waals surface area contributed by atoms with Gasteiger partial charge in [-0.3, -0.25) is 9.59 Å². The normalized spacial score (nSPS) is 10.3. The Balaban J connectivity index is 2.00. The quantitative estimate of drug-likeness (QED) is 0.674. The summed E-state index contributed by atoms with van der Waals surface area (Å²) in [6.07, 6.45) is 0. The zero-order valence-electron chi connectivity index (χ0n) is 12.2. The molecule has 112 valence electrons. The summed E-state index contributed by atoms with van der Waals surface area (Å²) in [4.78, 5) is 24.9. The molecule has 0 atom stereocenters. The lowest BCUT2D eigenvalue weighted by Gasteiger charge is -2.06. The van der Waals surface area contributed by atoms with E-state index >= 15 is 0 Å². The van der Waals surface area contributed by atoms with Crippen molar-refractivity contribution in [2.45, 2.75) is 0 Å². The van der Waals surface area contributed by atoms with Gasteiger partial charge in [0.15, 0.2) is 11.6 Å². The van der Waals surface area contributed by atoms with Gasteiger partial charge in [0.25, 0.3) is 0 Å². The molecule has 2 nitrogen and oxygen atoms in total. The summed E-state index contributed by atoms with van der Waals surface area (Å²) >= 11 is 0. The highest BCUT2D eigenvalue weighted by Crippen LogP contribution is 2.18. The molecule has 0 saturated heterocycles. The Kier molecular flexibility index (Phi) is 4.11. The molecule has 3 aromatic rings. The van der Waals surface area contributed by atoms with Crippen LogP contribution in [0.15, 0.2) is 78.9 Å². The second-order valence-electron chi connectivity index (χ2n) is 5.08. The first-order valence-corrected chi connectivity index (χ1v) is 7.16. The van der Waals surface area contributed by atoms with E-state index in [4.69, 9.17) is 0 Å². The van der Waals surface area contributed by atoms with Crippen molar-refractivity contribution < 1.29 is 14.0 Å². The molecule has 0 radical (unpaired) electrons. The third kappa shape index (κ3) is 3.09. The van der Waals surface area contributed by atoms with Gasteiger partial charge in [0.05, 0.1) is 5.56 Å². The van der Waals surface area contributed by atoms with Crippen molar-refractivity contribution in [3.8, 4) is 0 Å². The molecule has 0 aromatic heterocycles. The topological polar surface area (TPSA) is 34.1 Å². The smallest absolute Gasteiger partial charge is 0.195 e. The molecule has 0 aliphatic carbocycles.